The predicted molar refractivity (Wildman–Crippen MR) is 68.0 cm³/mol. The van der Waals surface area contributed by atoms with Gasteiger partial charge in [0.05, 0.1) is 0 Å². The van der Waals surface area contributed by atoms with Crippen LogP contribution in [0.4, 0.5) is 8.78 Å². The molecule has 1 heterocycles. The molecule has 0 aromatic heterocycles. The van der Waals surface area contributed by atoms with E-state index in [0.717, 1.165) is 11.1 Å². The second kappa shape index (κ2) is 4.91. The minimum absolute atomic E-state index is 0. The maximum Gasteiger partial charge on any atom is 0.251 e. The Morgan fingerprint density at radius 2 is 2.00 bits per heavy atom. The van der Waals surface area contributed by atoms with Crippen molar-refractivity contribution in [1.82, 2.24) is 5.32 Å². The van der Waals surface area contributed by atoms with Gasteiger partial charge in [-0.05, 0) is 19.4 Å². The lowest BCUT2D eigenvalue weighted by Crippen LogP contribution is -2.50. The van der Waals surface area contributed by atoms with Crippen LogP contribution in [0.15, 0.2) is 24.3 Å². The van der Waals surface area contributed by atoms with Crippen molar-refractivity contribution in [3.8, 4) is 0 Å². The lowest BCUT2D eigenvalue weighted by molar-refractivity contribution is -0.0611. The van der Waals surface area contributed by atoms with E-state index >= 15 is 0 Å². The molecule has 0 bridgehead atoms. The highest BCUT2D eigenvalue weighted by Crippen LogP contribution is 2.38. The number of rotatable bonds is 1. The number of piperidine rings is 1. The molecule has 1 aliphatic heterocycles. The lowest BCUT2D eigenvalue weighted by atomic mass is 9.82. The molecule has 0 aliphatic carbocycles. The minimum Gasteiger partial charge on any atom is -0.307 e. The molecule has 1 N–H and O–H groups in total. The topological polar surface area (TPSA) is 12.0 Å². The van der Waals surface area contributed by atoms with Gasteiger partial charge in [-0.2, -0.15) is 0 Å². The van der Waals surface area contributed by atoms with Crippen molar-refractivity contribution in [1.29, 1.82) is 0 Å². The van der Waals surface area contributed by atoms with Crippen molar-refractivity contribution in [2.45, 2.75) is 38.2 Å². The van der Waals surface area contributed by atoms with Crippen molar-refractivity contribution in [3.05, 3.63) is 35.4 Å². The molecule has 1 aliphatic rings. The molecule has 0 amide bonds. The van der Waals surface area contributed by atoms with Gasteiger partial charge in [0, 0.05) is 24.9 Å². The van der Waals surface area contributed by atoms with E-state index in [1.807, 2.05) is 38.1 Å². The van der Waals surface area contributed by atoms with E-state index in [0.29, 0.717) is 6.54 Å². The Bertz CT molecular complexity index is 395. The van der Waals surface area contributed by atoms with E-state index < -0.39 is 11.5 Å². The normalized spacial score (nSPS) is 27.3. The third-order valence-electron chi connectivity index (χ3n) is 3.27. The van der Waals surface area contributed by atoms with Gasteiger partial charge in [0.2, 0.25) is 0 Å². The fourth-order valence-corrected chi connectivity index (χ4v) is 2.38. The zero-order chi connectivity index (χ0) is 11.8. The zero-order valence-corrected chi connectivity index (χ0v) is 10.9. The molecule has 1 saturated heterocycles. The van der Waals surface area contributed by atoms with Crippen molar-refractivity contribution < 1.29 is 8.78 Å². The van der Waals surface area contributed by atoms with Crippen LogP contribution in [0.3, 0.4) is 0 Å². The van der Waals surface area contributed by atoms with Gasteiger partial charge in [0.1, 0.15) is 0 Å². The highest BCUT2D eigenvalue weighted by molar-refractivity contribution is 5.85. The zero-order valence-electron chi connectivity index (χ0n) is 10.1. The third kappa shape index (κ3) is 3.17. The molecule has 4 heteroatoms. The summed E-state index contributed by atoms with van der Waals surface area (Å²) in [6.45, 7) is 4.21. The summed E-state index contributed by atoms with van der Waals surface area (Å²) in [5.41, 5.74) is 1.45. The van der Waals surface area contributed by atoms with Crippen LogP contribution in [-0.2, 0) is 5.54 Å². The number of hydrogen-bond acceptors (Lipinski definition) is 1. The summed E-state index contributed by atoms with van der Waals surface area (Å²) in [6, 6.07) is 7.80. The predicted octanol–water partition coefficient (Wildman–Crippen LogP) is 3.65. The Kier molecular flexibility index (Phi) is 4.15. The molecule has 0 radical (unpaired) electrons. The molecule has 2 rings (SSSR count). The van der Waals surface area contributed by atoms with Crippen molar-refractivity contribution in [3.63, 3.8) is 0 Å². The van der Waals surface area contributed by atoms with E-state index in [9.17, 15) is 8.78 Å². The van der Waals surface area contributed by atoms with E-state index in [1.54, 1.807) is 0 Å². The molecule has 1 nitrogen and oxygen atoms in total. The number of alkyl halides is 2. The quantitative estimate of drug-likeness (QED) is 0.814. The summed E-state index contributed by atoms with van der Waals surface area (Å²) >= 11 is 0. The largest absolute Gasteiger partial charge is 0.307 e. The summed E-state index contributed by atoms with van der Waals surface area (Å²) in [6.07, 6.45) is -0.183. The molecule has 1 unspecified atom stereocenters. The third-order valence-corrected chi connectivity index (χ3v) is 3.27. The Labute approximate surface area is 107 Å². The molecule has 17 heavy (non-hydrogen) atoms. The highest BCUT2D eigenvalue weighted by Gasteiger charge is 2.43. The smallest absolute Gasteiger partial charge is 0.251 e. The number of aryl methyl sites for hydroxylation is 1. The average Bonchev–Trinajstić information content (AvgIpc) is 2.15. The molecule has 0 spiro atoms. The number of hydrogen-bond donors (Lipinski definition) is 1. The Hall–Kier alpha value is -0.670. The number of halogens is 3. The summed E-state index contributed by atoms with van der Waals surface area (Å²) in [5.74, 6) is -2.55. The van der Waals surface area contributed by atoms with E-state index in [-0.39, 0.29) is 25.2 Å². The first-order chi connectivity index (χ1) is 7.41. The van der Waals surface area contributed by atoms with Gasteiger partial charge in [0.25, 0.3) is 5.92 Å². The molecule has 1 aromatic rings. The van der Waals surface area contributed by atoms with Gasteiger partial charge < -0.3 is 5.32 Å². The first-order valence-corrected chi connectivity index (χ1v) is 5.61. The fourth-order valence-electron chi connectivity index (χ4n) is 2.38. The SMILES string of the molecule is Cc1cccc(C2(C)CC(F)(F)CCN2)c1.Cl. The van der Waals surface area contributed by atoms with Crippen LogP contribution in [0.2, 0.25) is 0 Å². The summed E-state index contributed by atoms with van der Waals surface area (Å²) in [5, 5.41) is 3.21. The minimum atomic E-state index is -2.55. The lowest BCUT2D eigenvalue weighted by Gasteiger charge is -2.39. The summed E-state index contributed by atoms with van der Waals surface area (Å²) < 4.78 is 26.9. The molecule has 1 aromatic carbocycles. The molecular formula is C13H18ClF2N. The van der Waals surface area contributed by atoms with Crippen LogP contribution in [0, 0.1) is 6.92 Å². The molecule has 1 fully saturated rings. The molecular weight excluding hydrogens is 244 g/mol. The van der Waals surface area contributed by atoms with Crippen molar-refractivity contribution in [2.75, 3.05) is 6.54 Å². The van der Waals surface area contributed by atoms with Crippen LogP contribution >= 0.6 is 12.4 Å². The van der Waals surface area contributed by atoms with Crippen LogP contribution in [0.5, 0.6) is 0 Å². The maximum atomic E-state index is 13.4. The fraction of sp³-hybridized carbons (Fsp3) is 0.538. The van der Waals surface area contributed by atoms with Crippen LogP contribution in [-0.4, -0.2) is 12.5 Å². The summed E-state index contributed by atoms with van der Waals surface area (Å²) in [7, 11) is 0. The second-order valence-electron chi connectivity index (χ2n) is 4.91. The van der Waals surface area contributed by atoms with Crippen LogP contribution < -0.4 is 5.32 Å². The Balaban J connectivity index is 0.00000144. The molecule has 1 atom stereocenters. The maximum absolute atomic E-state index is 13.4. The Morgan fingerprint density at radius 3 is 2.59 bits per heavy atom. The van der Waals surface area contributed by atoms with Gasteiger partial charge in [0.15, 0.2) is 0 Å². The first kappa shape index (κ1) is 14.4. The van der Waals surface area contributed by atoms with Gasteiger partial charge in [-0.1, -0.05) is 29.8 Å². The van der Waals surface area contributed by atoms with Crippen molar-refractivity contribution >= 4 is 12.4 Å². The van der Waals surface area contributed by atoms with Gasteiger partial charge >= 0.3 is 0 Å². The van der Waals surface area contributed by atoms with Crippen LogP contribution in [0.25, 0.3) is 0 Å². The molecule has 0 saturated carbocycles. The first-order valence-electron chi connectivity index (χ1n) is 5.61. The van der Waals surface area contributed by atoms with E-state index in [4.69, 9.17) is 0 Å². The summed E-state index contributed by atoms with van der Waals surface area (Å²) in [4.78, 5) is 0. The van der Waals surface area contributed by atoms with E-state index in [1.165, 1.54) is 0 Å². The van der Waals surface area contributed by atoms with Gasteiger partial charge in [-0.15, -0.1) is 12.4 Å². The highest BCUT2D eigenvalue weighted by atomic mass is 35.5. The number of benzene rings is 1. The Morgan fingerprint density at radius 1 is 1.29 bits per heavy atom. The number of nitrogens with one attached hydrogen (secondary N) is 1. The monoisotopic (exact) mass is 261 g/mol. The van der Waals surface area contributed by atoms with Crippen molar-refractivity contribution in [2.24, 2.45) is 0 Å². The van der Waals surface area contributed by atoms with Gasteiger partial charge in [-0.25, -0.2) is 8.78 Å². The molecule has 96 valence electrons. The van der Waals surface area contributed by atoms with Crippen LogP contribution in [0.1, 0.15) is 30.9 Å². The van der Waals surface area contributed by atoms with E-state index in [2.05, 4.69) is 5.32 Å². The standard InChI is InChI=1S/C13H17F2N.ClH/c1-10-4-3-5-11(8-10)12(2)9-13(14,15)6-7-16-12;/h3-5,8,16H,6-7,9H2,1-2H3;1H. The van der Waals surface area contributed by atoms with Gasteiger partial charge in [-0.3, -0.25) is 0 Å². The second-order valence-corrected chi connectivity index (χ2v) is 4.91. The average molecular weight is 262 g/mol.